The van der Waals surface area contributed by atoms with E-state index in [0.29, 0.717) is 12.2 Å². The van der Waals surface area contributed by atoms with Crippen molar-refractivity contribution in [2.24, 2.45) is 0 Å². The molecule has 0 aromatic heterocycles. The summed E-state index contributed by atoms with van der Waals surface area (Å²) < 4.78 is 8.62. The Morgan fingerprint density at radius 1 is 1.00 bits per heavy atom. The number of carbonyl (C=O) groups excluding carboxylic acids is 2. The molecule has 0 aliphatic carbocycles. The molecule has 0 amide bonds. The lowest BCUT2D eigenvalue weighted by molar-refractivity contribution is -0.143. The molecule has 0 rings (SSSR count). The lowest BCUT2D eigenvalue weighted by Crippen LogP contribution is -2.09. The Labute approximate surface area is 108 Å². The maximum absolute atomic E-state index is 10.6. The second-order valence-electron chi connectivity index (χ2n) is 2.86. The predicted molar refractivity (Wildman–Crippen MR) is 62.2 cm³/mol. The highest BCUT2D eigenvalue weighted by Gasteiger charge is 2.11. The number of methoxy groups -OCH3 is 2. The van der Waals surface area contributed by atoms with Crippen LogP contribution >= 0.6 is 0 Å². The van der Waals surface area contributed by atoms with Crippen molar-refractivity contribution in [1.29, 1.82) is 0 Å². The summed E-state index contributed by atoms with van der Waals surface area (Å²) >= 11 is 0. The molecule has 0 aliphatic rings. The van der Waals surface area contributed by atoms with Gasteiger partial charge in [-0.25, -0.2) is 14.4 Å². The van der Waals surface area contributed by atoms with Gasteiger partial charge in [-0.1, -0.05) is 6.58 Å². The summed E-state index contributed by atoms with van der Waals surface area (Å²) in [5.41, 5.74) is 0.0966. The maximum Gasteiger partial charge on any atom is 0.333 e. The van der Waals surface area contributed by atoms with Crippen LogP contribution in [-0.4, -0.2) is 48.3 Å². The molecule has 0 heterocycles. The highest BCUT2D eigenvalue weighted by atomic mass is 16.5. The van der Waals surface area contributed by atoms with E-state index in [1.54, 1.807) is 0 Å². The zero-order chi connectivity index (χ0) is 15.4. The molecule has 0 saturated carbocycles. The standard InChI is InChI=1S/C7H10O4.C4H4O4/c1-5(7(9)11-3)4-6(8)10-2;5-3(6)1-2-4(7)8/h1,4H2,2-3H3;1-2H,(H,5,6)(H,7,8)/b;2-1-. The second kappa shape index (κ2) is 10.5. The van der Waals surface area contributed by atoms with Crippen molar-refractivity contribution >= 4 is 23.9 Å². The molecule has 0 aliphatic heterocycles. The molecular weight excluding hydrogens is 260 g/mol. The van der Waals surface area contributed by atoms with Crippen LogP contribution in [0.5, 0.6) is 0 Å². The van der Waals surface area contributed by atoms with Crippen molar-refractivity contribution in [1.82, 2.24) is 0 Å². The molecule has 8 nitrogen and oxygen atoms in total. The lowest BCUT2D eigenvalue weighted by Gasteiger charge is -2.00. The van der Waals surface area contributed by atoms with Crippen molar-refractivity contribution in [2.75, 3.05) is 14.2 Å². The Balaban J connectivity index is 0. The molecule has 2 N–H and O–H groups in total. The summed E-state index contributed by atoms with van der Waals surface area (Å²) in [4.78, 5) is 40.3. The van der Waals surface area contributed by atoms with Crippen LogP contribution in [0.1, 0.15) is 6.42 Å². The summed E-state index contributed by atoms with van der Waals surface area (Å²) in [5, 5.41) is 15.6. The van der Waals surface area contributed by atoms with Crippen molar-refractivity contribution < 1.29 is 38.9 Å². The molecule has 0 fully saturated rings. The minimum Gasteiger partial charge on any atom is -0.478 e. The van der Waals surface area contributed by atoms with Crippen LogP contribution < -0.4 is 0 Å². The zero-order valence-electron chi connectivity index (χ0n) is 10.4. The van der Waals surface area contributed by atoms with Gasteiger partial charge in [0.2, 0.25) is 0 Å². The average molecular weight is 274 g/mol. The molecular formula is C11H14O8. The van der Waals surface area contributed by atoms with Gasteiger partial charge in [-0.3, -0.25) is 4.79 Å². The SMILES string of the molecule is C=C(CC(=O)OC)C(=O)OC.O=C(O)/C=C\C(=O)O. The molecule has 0 aromatic carbocycles. The molecule has 0 radical (unpaired) electrons. The monoisotopic (exact) mass is 274 g/mol. The molecule has 0 saturated heterocycles. The smallest absolute Gasteiger partial charge is 0.333 e. The number of aliphatic carboxylic acids is 2. The van der Waals surface area contributed by atoms with Crippen molar-refractivity contribution in [2.45, 2.75) is 6.42 Å². The van der Waals surface area contributed by atoms with Crippen LogP contribution in [0.15, 0.2) is 24.3 Å². The molecule has 0 unspecified atom stereocenters. The Hall–Kier alpha value is -2.64. The fourth-order valence-corrected chi connectivity index (χ4v) is 0.605. The number of esters is 2. The van der Waals surface area contributed by atoms with Gasteiger partial charge in [-0.2, -0.15) is 0 Å². The van der Waals surface area contributed by atoms with E-state index in [4.69, 9.17) is 10.2 Å². The van der Waals surface area contributed by atoms with Gasteiger partial charge in [-0.15, -0.1) is 0 Å². The summed E-state index contributed by atoms with van der Waals surface area (Å²) in [5.74, 6) is -3.60. The first-order chi connectivity index (χ1) is 8.74. The number of rotatable bonds is 5. The Morgan fingerprint density at radius 3 is 1.68 bits per heavy atom. The lowest BCUT2D eigenvalue weighted by atomic mass is 10.2. The average Bonchev–Trinajstić information content (AvgIpc) is 2.35. The van der Waals surface area contributed by atoms with E-state index >= 15 is 0 Å². The van der Waals surface area contributed by atoms with Gasteiger partial charge in [-0.05, 0) is 0 Å². The third-order valence-corrected chi connectivity index (χ3v) is 1.43. The number of carbonyl (C=O) groups is 4. The van der Waals surface area contributed by atoms with E-state index < -0.39 is 23.9 Å². The first-order valence-electron chi connectivity index (χ1n) is 4.71. The summed E-state index contributed by atoms with van der Waals surface area (Å²) in [6.07, 6.45) is 0.994. The minimum atomic E-state index is -1.26. The van der Waals surface area contributed by atoms with Crippen LogP contribution in [0.3, 0.4) is 0 Å². The van der Waals surface area contributed by atoms with E-state index in [1.807, 2.05) is 0 Å². The molecule has 0 atom stereocenters. The number of carboxylic acids is 2. The van der Waals surface area contributed by atoms with Crippen molar-refractivity contribution in [3.8, 4) is 0 Å². The third-order valence-electron chi connectivity index (χ3n) is 1.43. The van der Waals surface area contributed by atoms with Crippen LogP contribution in [0.4, 0.5) is 0 Å². The van der Waals surface area contributed by atoms with Gasteiger partial charge in [0.15, 0.2) is 0 Å². The van der Waals surface area contributed by atoms with Gasteiger partial charge in [0.1, 0.15) is 0 Å². The van der Waals surface area contributed by atoms with Gasteiger partial charge in [0, 0.05) is 17.7 Å². The highest BCUT2D eigenvalue weighted by Crippen LogP contribution is 2.00. The zero-order valence-corrected chi connectivity index (χ0v) is 10.4. The predicted octanol–water partition coefficient (Wildman–Crippen LogP) is -0.00950. The van der Waals surface area contributed by atoms with Gasteiger partial charge < -0.3 is 19.7 Å². The summed E-state index contributed by atoms with van der Waals surface area (Å²) in [6.45, 7) is 3.34. The van der Waals surface area contributed by atoms with Crippen LogP contribution in [-0.2, 0) is 28.7 Å². The van der Waals surface area contributed by atoms with Crippen molar-refractivity contribution in [3.63, 3.8) is 0 Å². The second-order valence-corrected chi connectivity index (χ2v) is 2.86. The highest BCUT2D eigenvalue weighted by molar-refractivity contribution is 5.93. The Morgan fingerprint density at radius 2 is 1.42 bits per heavy atom. The topological polar surface area (TPSA) is 127 Å². The number of hydrogen-bond donors (Lipinski definition) is 2. The number of carboxylic acid groups (broad SMARTS) is 2. The van der Waals surface area contributed by atoms with Crippen LogP contribution in [0.25, 0.3) is 0 Å². The van der Waals surface area contributed by atoms with E-state index in [9.17, 15) is 19.2 Å². The maximum atomic E-state index is 10.6. The molecule has 0 aromatic rings. The molecule has 0 bridgehead atoms. The Kier molecular flexibility index (Phi) is 10.4. The summed E-state index contributed by atoms with van der Waals surface area (Å²) in [6, 6.07) is 0. The molecule has 8 heteroatoms. The Bertz CT molecular complexity index is 377. The summed E-state index contributed by atoms with van der Waals surface area (Å²) in [7, 11) is 2.47. The minimum absolute atomic E-state index is 0.0966. The first-order valence-corrected chi connectivity index (χ1v) is 4.71. The fourth-order valence-electron chi connectivity index (χ4n) is 0.605. The van der Waals surface area contributed by atoms with E-state index in [1.165, 1.54) is 14.2 Å². The fraction of sp³-hybridized carbons (Fsp3) is 0.273. The normalized spacial score (nSPS) is 8.95. The van der Waals surface area contributed by atoms with Gasteiger partial charge in [0.25, 0.3) is 0 Å². The van der Waals surface area contributed by atoms with E-state index in [0.717, 1.165) is 0 Å². The number of hydrogen-bond acceptors (Lipinski definition) is 6. The first kappa shape index (κ1) is 18.7. The number of ether oxygens (including phenoxy) is 2. The molecule has 0 spiro atoms. The quantitative estimate of drug-likeness (QED) is 0.529. The van der Waals surface area contributed by atoms with Crippen molar-refractivity contribution in [3.05, 3.63) is 24.3 Å². The molecule has 106 valence electrons. The third kappa shape index (κ3) is 13.3. The van der Waals surface area contributed by atoms with E-state index in [2.05, 4.69) is 16.1 Å². The molecule has 19 heavy (non-hydrogen) atoms. The largest absolute Gasteiger partial charge is 0.478 e. The van der Waals surface area contributed by atoms with Gasteiger partial charge in [0.05, 0.1) is 20.6 Å². The van der Waals surface area contributed by atoms with E-state index in [-0.39, 0.29) is 12.0 Å². The van der Waals surface area contributed by atoms with Crippen LogP contribution in [0.2, 0.25) is 0 Å². The van der Waals surface area contributed by atoms with Crippen LogP contribution in [0, 0.1) is 0 Å². The van der Waals surface area contributed by atoms with Gasteiger partial charge >= 0.3 is 23.9 Å².